The summed E-state index contributed by atoms with van der Waals surface area (Å²) in [6.45, 7) is 6.73. The topological polar surface area (TPSA) is 41.6 Å². The van der Waals surface area contributed by atoms with Gasteiger partial charge in [0, 0.05) is 12.2 Å². The molecule has 2 rings (SSSR count). The fourth-order valence-electron chi connectivity index (χ4n) is 2.39. The summed E-state index contributed by atoms with van der Waals surface area (Å²) in [5.41, 5.74) is 1.73. The number of hydrogen-bond donors (Lipinski definition) is 1. The minimum Gasteiger partial charge on any atom is -0.440 e. The van der Waals surface area contributed by atoms with Crippen LogP contribution in [0.25, 0.3) is 0 Å². The first-order valence-corrected chi connectivity index (χ1v) is 8.03. The SMILES string of the molecule is CCN(CC)C[C@@H](OC(=O)Nc1ccccc1)c1ccccc1. The van der Waals surface area contributed by atoms with Crippen molar-refractivity contribution in [3.8, 4) is 0 Å². The number of carbonyl (C=O) groups is 1. The van der Waals surface area contributed by atoms with Gasteiger partial charge in [-0.05, 0) is 30.8 Å². The third-order valence-electron chi connectivity index (χ3n) is 3.76. The smallest absolute Gasteiger partial charge is 0.412 e. The molecule has 2 aromatic carbocycles. The van der Waals surface area contributed by atoms with E-state index in [0.717, 1.165) is 24.3 Å². The van der Waals surface area contributed by atoms with Crippen LogP contribution in [0.5, 0.6) is 0 Å². The number of para-hydroxylation sites is 1. The zero-order chi connectivity index (χ0) is 16.5. The average molecular weight is 312 g/mol. The predicted octanol–water partition coefficient (Wildman–Crippen LogP) is 4.32. The van der Waals surface area contributed by atoms with Crippen LogP contribution in [-0.2, 0) is 4.74 Å². The van der Waals surface area contributed by atoms with Crippen LogP contribution in [0.2, 0.25) is 0 Å². The van der Waals surface area contributed by atoms with E-state index in [0.29, 0.717) is 6.54 Å². The van der Waals surface area contributed by atoms with Crippen LogP contribution in [0.1, 0.15) is 25.5 Å². The van der Waals surface area contributed by atoms with E-state index in [9.17, 15) is 4.79 Å². The fourth-order valence-corrected chi connectivity index (χ4v) is 2.39. The molecule has 0 bridgehead atoms. The molecule has 0 aliphatic carbocycles. The maximum Gasteiger partial charge on any atom is 0.412 e. The van der Waals surface area contributed by atoms with E-state index in [1.54, 1.807) is 0 Å². The Morgan fingerprint density at radius 3 is 2.13 bits per heavy atom. The molecule has 0 aromatic heterocycles. The number of rotatable bonds is 7. The van der Waals surface area contributed by atoms with Gasteiger partial charge in [0.25, 0.3) is 0 Å². The number of nitrogens with one attached hydrogen (secondary N) is 1. The van der Waals surface area contributed by atoms with E-state index in [1.165, 1.54) is 0 Å². The van der Waals surface area contributed by atoms with Crippen molar-refractivity contribution < 1.29 is 9.53 Å². The second kappa shape index (κ2) is 8.96. The summed E-state index contributed by atoms with van der Waals surface area (Å²) in [5.74, 6) is 0. The lowest BCUT2D eigenvalue weighted by Crippen LogP contribution is -2.31. The highest BCUT2D eigenvalue weighted by molar-refractivity contribution is 5.84. The van der Waals surface area contributed by atoms with Crippen molar-refractivity contribution in [1.82, 2.24) is 4.90 Å². The molecule has 1 amide bonds. The molecule has 1 N–H and O–H groups in total. The van der Waals surface area contributed by atoms with Crippen LogP contribution < -0.4 is 5.32 Å². The molecule has 0 aliphatic heterocycles. The average Bonchev–Trinajstić information content (AvgIpc) is 2.60. The molecular weight excluding hydrogens is 288 g/mol. The van der Waals surface area contributed by atoms with E-state index >= 15 is 0 Å². The third-order valence-corrected chi connectivity index (χ3v) is 3.76. The molecule has 122 valence electrons. The number of amides is 1. The lowest BCUT2D eigenvalue weighted by molar-refractivity contribution is 0.0822. The summed E-state index contributed by atoms with van der Waals surface area (Å²) in [7, 11) is 0. The Bertz CT molecular complexity index is 583. The van der Waals surface area contributed by atoms with Crippen LogP contribution in [0.15, 0.2) is 60.7 Å². The molecule has 0 spiro atoms. The molecule has 0 radical (unpaired) electrons. The van der Waals surface area contributed by atoms with Crippen LogP contribution in [-0.4, -0.2) is 30.6 Å². The monoisotopic (exact) mass is 312 g/mol. The van der Waals surface area contributed by atoms with E-state index in [1.807, 2.05) is 60.7 Å². The van der Waals surface area contributed by atoms with Crippen LogP contribution in [0.4, 0.5) is 10.5 Å². The lowest BCUT2D eigenvalue weighted by Gasteiger charge is -2.25. The Balaban J connectivity index is 2.06. The summed E-state index contributed by atoms with van der Waals surface area (Å²) in [6.07, 6.45) is -0.725. The van der Waals surface area contributed by atoms with Gasteiger partial charge >= 0.3 is 6.09 Å². The number of ether oxygens (including phenoxy) is 1. The van der Waals surface area contributed by atoms with Crippen molar-refractivity contribution in [3.63, 3.8) is 0 Å². The summed E-state index contributed by atoms with van der Waals surface area (Å²) < 4.78 is 5.68. The Morgan fingerprint density at radius 1 is 1.00 bits per heavy atom. The van der Waals surface area contributed by atoms with Gasteiger partial charge < -0.3 is 4.74 Å². The Hall–Kier alpha value is -2.33. The Kier molecular flexibility index (Phi) is 6.63. The number of nitrogens with zero attached hydrogens (tertiary/aromatic N) is 1. The summed E-state index contributed by atoms with van der Waals surface area (Å²) in [6, 6.07) is 19.2. The zero-order valence-electron chi connectivity index (χ0n) is 13.7. The highest BCUT2D eigenvalue weighted by atomic mass is 16.6. The van der Waals surface area contributed by atoms with Gasteiger partial charge in [0.05, 0.1) is 0 Å². The molecule has 2 aromatic rings. The number of benzene rings is 2. The molecule has 0 fully saturated rings. The van der Waals surface area contributed by atoms with Gasteiger partial charge in [-0.25, -0.2) is 4.79 Å². The van der Waals surface area contributed by atoms with Crippen molar-refractivity contribution in [1.29, 1.82) is 0 Å². The molecule has 1 atom stereocenters. The highest BCUT2D eigenvalue weighted by Crippen LogP contribution is 2.20. The molecule has 4 heteroatoms. The van der Waals surface area contributed by atoms with Crippen molar-refractivity contribution in [2.45, 2.75) is 20.0 Å². The van der Waals surface area contributed by atoms with Gasteiger partial charge in [0.1, 0.15) is 6.10 Å². The van der Waals surface area contributed by atoms with Crippen molar-refractivity contribution in [2.24, 2.45) is 0 Å². The second-order valence-electron chi connectivity index (χ2n) is 5.28. The van der Waals surface area contributed by atoms with Gasteiger partial charge in [-0.1, -0.05) is 62.4 Å². The summed E-state index contributed by atoms with van der Waals surface area (Å²) in [5, 5.41) is 2.77. The molecule has 23 heavy (non-hydrogen) atoms. The number of anilines is 1. The quantitative estimate of drug-likeness (QED) is 0.828. The largest absolute Gasteiger partial charge is 0.440 e. The minimum atomic E-state index is -0.433. The molecule has 0 saturated carbocycles. The van der Waals surface area contributed by atoms with Gasteiger partial charge in [-0.2, -0.15) is 0 Å². The number of carbonyl (C=O) groups excluding carboxylic acids is 1. The summed E-state index contributed by atoms with van der Waals surface area (Å²) in [4.78, 5) is 14.4. The first kappa shape index (κ1) is 17.0. The predicted molar refractivity (Wildman–Crippen MR) is 93.5 cm³/mol. The standard InChI is InChI=1S/C19H24N2O2/c1-3-21(4-2)15-18(16-11-7-5-8-12-16)23-19(22)20-17-13-9-6-10-14-17/h5-14,18H,3-4,15H2,1-2H3,(H,20,22)/t18-/m1/s1. The lowest BCUT2D eigenvalue weighted by atomic mass is 10.1. The van der Waals surface area contributed by atoms with E-state index in [-0.39, 0.29) is 6.10 Å². The molecule has 0 saturated heterocycles. The van der Waals surface area contributed by atoms with Gasteiger partial charge in [0.15, 0.2) is 0 Å². The van der Waals surface area contributed by atoms with Gasteiger partial charge in [-0.3, -0.25) is 10.2 Å². The normalized spacial score (nSPS) is 12.0. The molecule has 0 heterocycles. The minimum absolute atomic E-state index is 0.292. The molecule has 0 aliphatic rings. The van der Waals surface area contributed by atoms with Crippen molar-refractivity contribution in [3.05, 3.63) is 66.2 Å². The Labute approximate surface area is 138 Å². The third kappa shape index (κ3) is 5.42. The summed E-state index contributed by atoms with van der Waals surface area (Å²) >= 11 is 0. The van der Waals surface area contributed by atoms with Gasteiger partial charge in [0.2, 0.25) is 0 Å². The van der Waals surface area contributed by atoms with Gasteiger partial charge in [-0.15, -0.1) is 0 Å². The van der Waals surface area contributed by atoms with E-state index in [2.05, 4.69) is 24.1 Å². The Morgan fingerprint density at radius 2 is 1.57 bits per heavy atom. The first-order valence-electron chi connectivity index (χ1n) is 8.03. The first-order chi connectivity index (χ1) is 11.2. The molecule has 0 unspecified atom stereocenters. The second-order valence-corrected chi connectivity index (χ2v) is 5.28. The maximum atomic E-state index is 12.2. The zero-order valence-corrected chi connectivity index (χ0v) is 13.7. The van der Waals surface area contributed by atoms with E-state index in [4.69, 9.17) is 4.74 Å². The number of likely N-dealkylation sites (N-methyl/N-ethyl adjacent to an activating group) is 1. The van der Waals surface area contributed by atoms with Crippen LogP contribution >= 0.6 is 0 Å². The fraction of sp³-hybridized carbons (Fsp3) is 0.316. The number of hydrogen-bond acceptors (Lipinski definition) is 3. The molecule has 4 nitrogen and oxygen atoms in total. The maximum absolute atomic E-state index is 12.2. The van der Waals surface area contributed by atoms with Crippen molar-refractivity contribution >= 4 is 11.8 Å². The van der Waals surface area contributed by atoms with Crippen molar-refractivity contribution in [2.75, 3.05) is 25.0 Å². The van der Waals surface area contributed by atoms with Crippen LogP contribution in [0.3, 0.4) is 0 Å². The van der Waals surface area contributed by atoms with Crippen LogP contribution in [0, 0.1) is 0 Å². The van der Waals surface area contributed by atoms with E-state index < -0.39 is 6.09 Å². The molecular formula is C19H24N2O2. The highest BCUT2D eigenvalue weighted by Gasteiger charge is 2.19.